The molecule has 9 nitrogen and oxygen atoms in total. The van der Waals surface area contributed by atoms with Crippen molar-refractivity contribution in [1.29, 1.82) is 0 Å². The molecule has 0 saturated carbocycles. The van der Waals surface area contributed by atoms with E-state index in [-0.39, 0.29) is 17.3 Å². The number of nitro groups is 1. The zero-order valence-electron chi connectivity index (χ0n) is 17.0. The largest absolute Gasteiger partial charge is 0.493 e. The van der Waals surface area contributed by atoms with E-state index in [9.17, 15) is 10.1 Å². The smallest absolute Gasteiger partial charge is 0.353 e. The molecule has 1 heterocycles. The van der Waals surface area contributed by atoms with Gasteiger partial charge in [-0.2, -0.15) is 0 Å². The first kappa shape index (κ1) is 20.8. The first-order chi connectivity index (χ1) is 14.5. The Morgan fingerprint density at radius 1 is 1.03 bits per heavy atom. The highest BCUT2D eigenvalue weighted by Gasteiger charge is 2.23. The SMILES string of the molecule is COc1ccc(CCNc2ncnc(Nc3cccc(C)c3)c2[N+](=O)[O-])cc1OC. The number of benzene rings is 2. The quantitative estimate of drug-likeness (QED) is 0.401. The van der Waals surface area contributed by atoms with E-state index in [2.05, 4.69) is 20.6 Å². The Labute approximate surface area is 174 Å². The van der Waals surface area contributed by atoms with Crippen molar-refractivity contribution in [2.45, 2.75) is 13.3 Å². The molecule has 9 heteroatoms. The van der Waals surface area contributed by atoms with Crippen LogP contribution in [0.2, 0.25) is 0 Å². The molecule has 3 rings (SSSR count). The third-order valence-corrected chi connectivity index (χ3v) is 4.44. The Hall–Kier alpha value is -3.88. The van der Waals surface area contributed by atoms with Crippen molar-refractivity contribution in [3.63, 3.8) is 0 Å². The predicted octanol–water partition coefficient (Wildman–Crippen LogP) is 4.11. The van der Waals surface area contributed by atoms with Crippen molar-refractivity contribution in [3.05, 3.63) is 70.0 Å². The topological polar surface area (TPSA) is 111 Å². The van der Waals surface area contributed by atoms with Crippen LogP contribution in [-0.4, -0.2) is 35.7 Å². The monoisotopic (exact) mass is 409 g/mol. The number of aryl methyl sites for hydroxylation is 1. The minimum absolute atomic E-state index is 0.134. The number of hydrogen-bond donors (Lipinski definition) is 2. The zero-order chi connectivity index (χ0) is 21.5. The Morgan fingerprint density at radius 2 is 1.80 bits per heavy atom. The number of anilines is 3. The van der Waals surface area contributed by atoms with Crippen molar-refractivity contribution in [2.24, 2.45) is 0 Å². The van der Waals surface area contributed by atoms with Crippen LogP contribution >= 0.6 is 0 Å². The second-order valence-corrected chi connectivity index (χ2v) is 6.54. The molecular formula is C21H23N5O4. The lowest BCUT2D eigenvalue weighted by Crippen LogP contribution is -2.11. The summed E-state index contributed by atoms with van der Waals surface area (Å²) in [7, 11) is 3.16. The van der Waals surface area contributed by atoms with Gasteiger partial charge in [0.25, 0.3) is 0 Å². The highest BCUT2D eigenvalue weighted by Crippen LogP contribution is 2.31. The third kappa shape index (κ3) is 4.93. The second-order valence-electron chi connectivity index (χ2n) is 6.54. The Bertz CT molecular complexity index is 1040. The first-order valence-electron chi connectivity index (χ1n) is 9.29. The predicted molar refractivity (Wildman–Crippen MR) is 115 cm³/mol. The normalized spacial score (nSPS) is 10.4. The summed E-state index contributed by atoms with van der Waals surface area (Å²) in [4.78, 5) is 19.3. The second kappa shape index (κ2) is 9.55. The molecule has 0 saturated heterocycles. The maximum absolute atomic E-state index is 11.7. The standard InChI is InChI=1S/C21H23N5O4/c1-14-5-4-6-16(11-14)25-21-19(26(27)28)20(23-13-24-21)22-10-9-15-7-8-17(29-2)18(12-15)30-3/h4-8,11-13H,9-10H2,1-3H3,(H2,22,23,24,25). The van der Waals surface area contributed by atoms with Gasteiger partial charge in [0.2, 0.25) is 11.6 Å². The summed E-state index contributed by atoms with van der Waals surface area (Å²) in [5.41, 5.74) is 2.54. The molecule has 2 N–H and O–H groups in total. The van der Waals surface area contributed by atoms with E-state index in [1.807, 2.05) is 49.4 Å². The minimum Gasteiger partial charge on any atom is -0.493 e. The average Bonchev–Trinajstić information content (AvgIpc) is 2.73. The number of rotatable bonds is 9. The Balaban J connectivity index is 1.75. The van der Waals surface area contributed by atoms with Gasteiger partial charge in [-0.1, -0.05) is 18.2 Å². The van der Waals surface area contributed by atoms with Gasteiger partial charge >= 0.3 is 5.69 Å². The van der Waals surface area contributed by atoms with Crippen LogP contribution < -0.4 is 20.1 Å². The lowest BCUT2D eigenvalue weighted by Gasteiger charge is -2.12. The fourth-order valence-electron chi connectivity index (χ4n) is 2.99. The molecule has 30 heavy (non-hydrogen) atoms. The number of methoxy groups -OCH3 is 2. The van der Waals surface area contributed by atoms with Crippen LogP contribution in [0.1, 0.15) is 11.1 Å². The number of nitrogens with zero attached hydrogens (tertiary/aromatic N) is 3. The molecule has 0 bridgehead atoms. The molecule has 0 amide bonds. The summed E-state index contributed by atoms with van der Waals surface area (Å²) in [6.45, 7) is 2.39. The molecule has 2 aromatic carbocycles. The van der Waals surface area contributed by atoms with E-state index in [0.29, 0.717) is 30.2 Å². The molecule has 0 aliphatic rings. The molecular weight excluding hydrogens is 386 g/mol. The summed E-state index contributed by atoms with van der Waals surface area (Å²) >= 11 is 0. The van der Waals surface area contributed by atoms with Gasteiger partial charge in [0, 0.05) is 12.2 Å². The van der Waals surface area contributed by atoms with Crippen LogP contribution in [-0.2, 0) is 6.42 Å². The fraction of sp³-hybridized carbons (Fsp3) is 0.238. The van der Waals surface area contributed by atoms with E-state index in [1.54, 1.807) is 14.2 Å². The van der Waals surface area contributed by atoms with E-state index in [0.717, 1.165) is 11.1 Å². The Morgan fingerprint density at radius 3 is 2.50 bits per heavy atom. The van der Waals surface area contributed by atoms with Gasteiger partial charge in [-0.25, -0.2) is 9.97 Å². The highest BCUT2D eigenvalue weighted by molar-refractivity contribution is 5.73. The van der Waals surface area contributed by atoms with Crippen molar-refractivity contribution in [3.8, 4) is 11.5 Å². The molecule has 1 aromatic heterocycles. The average molecular weight is 409 g/mol. The maximum Gasteiger partial charge on any atom is 0.353 e. The fourth-order valence-corrected chi connectivity index (χ4v) is 2.99. The van der Waals surface area contributed by atoms with E-state index >= 15 is 0 Å². The zero-order valence-corrected chi connectivity index (χ0v) is 17.0. The van der Waals surface area contributed by atoms with Gasteiger partial charge in [-0.15, -0.1) is 0 Å². The van der Waals surface area contributed by atoms with Crippen LogP contribution in [0.25, 0.3) is 0 Å². The van der Waals surface area contributed by atoms with Crippen molar-refractivity contribution in [2.75, 3.05) is 31.4 Å². The molecule has 0 atom stereocenters. The summed E-state index contributed by atoms with van der Waals surface area (Å²) in [6.07, 6.45) is 1.91. The number of nitrogens with one attached hydrogen (secondary N) is 2. The number of ether oxygens (including phenoxy) is 2. The third-order valence-electron chi connectivity index (χ3n) is 4.44. The van der Waals surface area contributed by atoms with E-state index in [1.165, 1.54) is 6.33 Å². The van der Waals surface area contributed by atoms with Gasteiger partial charge < -0.3 is 20.1 Å². The van der Waals surface area contributed by atoms with Crippen LogP contribution in [0, 0.1) is 17.0 Å². The van der Waals surface area contributed by atoms with E-state index in [4.69, 9.17) is 9.47 Å². The summed E-state index contributed by atoms with van der Waals surface area (Å²) < 4.78 is 10.5. The van der Waals surface area contributed by atoms with Crippen LogP contribution in [0.15, 0.2) is 48.8 Å². The molecule has 0 radical (unpaired) electrons. The molecule has 0 aliphatic carbocycles. The van der Waals surface area contributed by atoms with Gasteiger partial charge in [0.1, 0.15) is 6.33 Å². The number of aromatic nitrogens is 2. The maximum atomic E-state index is 11.7. The molecule has 0 unspecified atom stereocenters. The molecule has 3 aromatic rings. The lowest BCUT2D eigenvalue weighted by atomic mass is 10.1. The van der Waals surface area contributed by atoms with Crippen molar-refractivity contribution >= 4 is 23.0 Å². The molecule has 0 aliphatic heterocycles. The van der Waals surface area contributed by atoms with Crippen LogP contribution in [0.5, 0.6) is 11.5 Å². The Kier molecular flexibility index (Phi) is 6.63. The summed E-state index contributed by atoms with van der Waals surface area (Å²) in [5, 5.41) is 17.8. The molecule has 0 spiro atoms. The lowest BCUT2D eigenvalue weighted by molar-refractivity contribution is -0.383. The number of hydrogen-bond acceptors (Lipinski definition) is 8. The summed E-state index contributed by atoms with van der Waals surface area (Å²) in [5.74, 6) is 1.57. The molecule has 156 valence electrons. The highest BCUT2D eigenvalue weighted by atomic mass is 16.6. The van der Waals surface area contributed by atoms with Gasteiger partial charge in [-0.05, 0) is 48.7 Å². The van der Waals surface area contributed by atoms with Gasteiger partial charge in [0.15, 0.2) is 11.5 Å². The first-order valence-corrected chi connectivity index (χ1v) is 9.29. The van der Waals surface area contributed by atoms with E-state index < -0.39 is 4.92 Å². The minimum atomic E-state index is -0.489. The van der Waals surface area contributed by atoms with Crippen molar-refractivity contribution < 1.29 is 14.4 Å². The summed E-state index contributed by atoms with van der Waals surface area (Å²) in [6, 6.07) is 13.1. The van der Waals surface area contributed by atoms with Crippen LogP contribution in [0.3, 0.4) is 0 Å². The van der Waals surface area contributed by atoms with Gasteiger partial charge in [0.05, 0.1) is 19.1 Å². The van der Waals surface area contributed by atoms with Crippen molar-refractivity contribution in [1.82, 2.24) is 9.97 Å². The van der Waals surface area contributed by atoms with Crippen LogP contribution in [0.4, 0.5) is 23.0 Å². The molecule has 0 fully saturated rings. The van der Waals surface area contributed by atoms with Gasteiger partial charge in [-0.3, -0.25) is 10.1 Å².